The molecule has 2 aromatic carbocycles. The summed E-state index contributed by atoms with van der Waals surface area (Å²) in [4.78, 5) is 10.8. The molecule has 0 saturated carbocycles. The minimum absolute atomic E-state index is 0.0127. The van der Waals surface area contributed by atoms with Crippen LogP contribution in [0.3, 0.4) is 0 Å². The van der Waals surface area contributed by atoms with Gasteiger partial charge in [0.2, 0.25) is 0 Å². The van der Waals surface area contributed by atoms with Gasteiger partial charge < -0.3 is 0 Å². The number of nitrogens with zero attached hydrogens (tertiary/aromatic N) is 2. The molecule has 3 aromatic rings. The van der Waals surface area contributed by atoms with Crippen molar-refractivity contribution in [1.29, 1.82) is 0 Å². The van der Waals surface area contributed by atoms with E-state index in [-0.39, 0.29) is 21.5 Å². The zero-order valence-corrected chi connectivity index (χ0v) is 12.4. The Labute approximate surface area is 130 Å². The highest BCUT2D eigenvalue weighted by molar-refractivity contribution is 7.90. The molecule has 0 aliphatic heterocycles. The third-order valence-corrected chi connectivity index (χ3v) is 5.12. The number of hydrogen-bond donors (Lipinski definition) is 0. The van der Waals surface area contributed by atoms with Crippen LogP contribution in [-0.4, -0.2) is 12.4 Å². The standard InChI is InChI=1S/C15H10F2N2O3S/c16-15(17)11-9-19(13-8-4-7-12(18-20)14(11)13)23(21,22)10-5-2-1-3-6-10/h1-9,15H. The highest BCUT2D eigenvalue weighted by Gasteiger charge is 2.26. The lowest BCUT2D eigenvalue weighted by molar-refractivity contribution is 0.153. The van der Waals surface area contributed by atoms with E-state index < -0.39 is 22.0 Å². The van der Waals surface area contributed by atoms with Gasteiger partial charge in [-0.3, -0.25) is 0 Å². The van der Waals surface area contributed by atoms with E-state index >= 15 is 0 Å². The number of hydrogen-bond acceptors (Lipinski definition) is 4. The Bertz CT molecular complexity index is 983. The van der Waals surface area contributed by atoms with Crippen molar-refractivity contribution in [2.45, 2.75) is 11.3 Å². The fourth-order valence-electron chi connectivity index (χ4n) is 2.41. The van der Waals surface area contributed by atoms with Crippen LogP contribution < -0.4 is 0 Å². The van der Waals surface area contributed by atoms with E-state index in [2.05, 4.69) is 5.18 Å². The summed E-state index contributed by atoms with van der Waals surface area (Å²) in [6.45, 7) is 0. The average Bonchev–Trinajstić information content (AvgIpc) is 2.96. The summed E-state index contributed by atoms with van der Waals surface area (Å²) in [7, 11) is -4.06. The number of alkyl halides is 2. The second kappa shape index (κ2) is 5.54. The molecule has 0 bridgehead atoms. The Morgan fingerprint density at radius 2 is 1.70 bits per heavy atom. The minimum Gasteiger partial charge on any atom is -0.241 e. The molecule has 0 amide bonds. The number of rotatable bonds is 4. The Morgan fingerprint density at radius 3 is 2.30 bits per heavy atom. The average molecular weight is 336 g/mol. The molecule has 0 atom stereocenters. The van der Waals surface area contributed by atoms with E-state index in [0.717, 1.165) is 10.2 Å². The van der Waals surface area contributed by atoms with E-state index in [9.17, 15) is 22.1 Å². The quantitative estimate of drug-likeness (QED) is 0.670. The van der Waals surface area contributed by atoms with Gasteiger partial charge in [-0.15, -0.1) is 4.91 Å². The first kappa shape index (κ1) is 15.3. The van der Waals surface area contributed by atoms with Gasteiger partial charge in [0.25, 0.3) is 16.4 Å². The molecule has 118 valence electrons. The molecule has 0 aliphatic rings. The molecular formula is C15H10F2N2O3S. The van der Waals surface area contributed by atoms with Gasteiger partial charge in [0.15, 0.2) is 0 Å². The molecular weight excluding hydrogens is 326 g/mol. The van der Waals surface area contributed by atoms with Gasteiger partial charge in [0.05, 0.1) is 10.4 Å². The minimum atomic E-state index is -4.06. The van der Waals surface area contributed by atoms with Crippen LogP contribution in [0.2, 0.25) is 0 Å². The van der Waals surface area contributed by atoms with Crippen molar-refractivity contribution in [1.82, 2.24) is 3.97 Å². The molecule has 0 saturated heterocycles. The molecule has 8 heteroatoms. The van der Waals surface area contributed by atoms with Crippen LogP contribution >= 0.6 is 0 Å². The Morgan fingerprint density at radius 1 is 1.00 bits per heavy atom. The zero-order chi connectivity index (χ0) is 16.6. The summed E-state index contributed by atoms with van der Waals surface area (Å²) >= 11 is 0. The summed E-state index contributed by atoms with van der Waals surface area (Å²) in [5, 5.41) is 2.56. The SMILES string of the molecule is O=Nc1cccc2c1c(C(F)F)cn2S(=O)(=O)c1ccccc1. The van der Waals surface area contributed by atoms with Gasteiger partial charge in [-0.2, -0.15) is 0 Å². The lowest BCUT2D eigenvalue weighted by Gasteiger charge is -2.07. The Hall–Kier alpha value is -2.61. The fourth-order valence-corrected chi connectivity index (χ4v) is 3.81. The molecule has 1 heterocycles. The molecule has 0 unspecified atom stereocenters. The van der Waals surface area contributed by atoms with Gasteiger partial charge in [-0.25, -0.2) is 21.2 Å². The summed E-state index contributed by atoms with van der Waals surface area (Å²) in [5.74, 6) is 0. The van der Waals surface area contributed by atoms with E-state index in [1.54, 1.807) is 6.07 Å². The number of fused-ring (bicyclic) bond motifs is 1. The second-order valence-electron chi connectivity index (χ2n) is 4.76. The summed E-state index contributed by atoms with van der Waals surface area (Å²) in [6, 6.07) is 11.5. The topological polar surface area (TPSA) is 68.5 Å². The first-order valence-electron chi connectivity index (χ1n) is 6.53. The van der Waals surface area contributed by atoms with Crippen LogP contribution in [0.4, 0.5) is 14.5 Å². The largest absolute Gasteiger partial charge is 0.268 e. The van der Waals surface area contributed by atoms with Gasteiger partial charge in [-0.05, 0) is 29.4 Å². The highest BCUT2D eigenvalue weighted by atomic mass is 32.2. The Balaban J connectivity index is 2.38. The monoisotopic (exact) mass is 336 g/mol. The number of halogens is 2. The highest BCUT2D eigenvalue weighted by Crippen LogP contribution is 2.37. The molecule has 5 nitrogen and oxygen atoms in total. The lowest BCUT2D eigenvalue weighted by Crippen LogP contribution is -2.11. The van der Waals surface area contributed by atoms with Crippen LogP contribution in [0.5, 0.6) is 0 Å². The van der Waals surface area contributed by atoms with Gasteiger partial charge >= 0.3 is 0 Å². The summed E-state index contributed by atoms with van der Waals surface area (Å²) < 4.78 is 52.7. The third kappa shape index (κ3) is 2.40. The van der Waals surface area contributed by atoms with Gasteiger partial charge in [-0.1, -0.05) is 24.3 Å². The molecule has 3 rings (SSSR count). The molecule has 1 aromatic heterocycles. The normalized spacial score (nSPS) is 12.0. The van der Waals surface area contributed by atoms with Crippen LogP contribution in [0.25, 0.3) is 10.9 Å². The van der Waals surface area contributed by atoms with Crippen molar-refractivity contribution in [3.63, 3.8) is 0 Å². The predicted molar refractivity (Wildman–Crippen MR) is 81.4 cm³/mol. The zero-order valence-electron chi connectivity index (χ0n) is 11.6. The summed E-state index contributed by atoms with van der Waals surface area (Å²) in [6.07, 6.45) is -2.10. The van der Waals surface area contributed by atoms with Crippen LogP contribution in [-0.2, 0) is 10.0 Å². The van der Waals surface area contributed by atoms with Crippen molar-refractivity contribution in [2.75, 3.05) is 0 Å². The predicted octanol–water partition coefficient (Wildman–Crippen LogP) is 4.21. The maximum absolute atomic E-state index is 13.3. The first-order chi connectivity index (χ1) is 11.0. The second-order valence-corrected chi connectivity index (χ2v) is 6.58. The smallest absolute Gasteiger partial charge is 0.241 e. The molecule has 0 radical (unpaired) electrons. The van der Waals surface area contributed by atoms with Gasteiger partial charge in [0.1, 0.15) is 5.69 Å². The van der Waals surface area contributed by atoms with Crippen molar-refractivity contribution < 1.29 is 17.2 Å². The van der Waals surface area contributed by atoms with E-state index in [0.29, 0.717) is 0 Å². The van der Waals surface area contributed by atoms with Crippen molar-refractivity contribution >= 4 is 26.6 Å². The third-order valence-electron chi connectivity index (χ3n) is 3.44. The number of nitroso groups, excluding NO2 is 1. The lowest BCUT2D eigenvalue weighted by atomic mass is 10.1. The van der Waals surface area contributed by atoms with Crippen molar-refractivity contribution in [2.24, 2.45) is 5.18 Å². The first-order valence-corrected chi connectivity index (χ1v) is 7.97. The molecule has 0 spiro atoms. The maximum atomic E-state index is 13.3. The number of aromatic nitrogens is 1. The fraction of sp³-hybridized carbons (Fsp3) is 0.0667. The molecule has 23 heavy (non-hydrogen) atoms. The van der Waals surface area contributed by atoms with Crippen LogP contribution in [0, 0.1) is 4.91 Å². The molecule has 0 aliphatic carbocycles. The van der Waals surface area contributed by atoms with Gasteiger partial charge in [0, 0.05) is 17.1 Å². The maximum Gasteiger partial charge on any atom is 0.268 e. The van der Waals surface area contributed by atoms with Crippen molar-refractivity contribution in [3.8, 4) is 0 Å². The summed E-state index contributed by atoms with van der Waals surface area (Å²) in [5.41, 5.74) is -0.782. The van der Waals surface area contributed by atoms with E-state index in [1.807, 2.05) is 0 Å². The van der Waals surface area contributed by atoms with Crippen LogP contribution in [0.1, 0.15) is 12.0 Å². The molecule has 0 N–H and O–H groups in total. The number of benzene rings is 2. The Kier molecular flexibility index (Phi) is 3.69. The van der Waals surface area contributed by atoms with E-state index in [1.165, 1.54) is 42.5 Å². The molecule has 0 fully saturated rings. The van der Waals surface area contributed by atoms with E-state index in [4.69, 9.17) is 0 Å². The van der Waals surface area contributed by atoms with Crippen molar-refractivity contribution in [3.05, 3.63) is 65.2 Å². The van der Waals surface area contributed by atoms with Crippen LogP contribution in [0.15, 0.2) is 64.8 Å².